The minimum atomic E-state index is -3.76. The van der Waals surface area contributed by atoms with Gasteiger partial charge in [-0.05, 0) is 55.3 Å². The lowest BCUT2D eigenvalue weighted by Crippen LogP contribution is -2.15. The van der Waals surface area contributed by atoms with Crippen molar-refractivity contribution in [3.63, 3.8) is 0 Å². The third-order valence-electron chi connectivity index (χ3n) is 2.95. The summed E-state index contributed by atoms with van der Waals surface area (Å²) in [5, 5.41) is 0.391. The van der Waals surface area contributed by atoms with Gasteiger partial charge in [0.25, 0.3) is 10.0 Å². The first-order valence-electron chi connectivity index (χ1n) is 6.05. The van der Waals surface area contributed by atoms with E-state index in [1.165, 1.54) is 18.2 Å². The quantitative estimate of drug-likeness (QED) is 0.776. The van der Waals surface area contributed by atoms with Crippen LogP contribution in [0.4, 0.5) is 11.4 Å². The van der Waals surface area contributed by atoms with Crippen LogP contribution in [0.1, 0.15) is 11.1 Å². The highest BCUT2D eigenvalue weighted by Crippen LogP contribution is 2.28. The van der Waals surface area contributed by atoms with Gasteiger partial charge in [-0.3, -0.25) is 4.72 Å². The average molecular weight is 390 g/mol. The van der Waals surface area contributed by atoms with E-state index in [1.807, 2.05) is 13.8 Å². The Bertz CT molecular complexity index is 784. The molecule has 0 atom stereocenters. The van der Waals surface area contributed by atoms with E-state index in [9.17, 15) is 8.42 Å². The van der Waals surface area contributed by atoms with Crippen LogP contribution in [-0.4, -0.2) is 8.42 Å². The van der Waals surface area contributed by atoms with Crippen molar-refractivity contribution in [2.24, 2.45) is 0 Å². The molecule has 2 aromatic rings. The molecule has 0 fully saturated rings. The minimum Gasteiger partial charge on any atom is -0.398 e. The van der Waals surface area contributed by atoms with Crippen LogP contribution in [0.5, 0.6) is 0 Å². The van der Waals surface area contributed by atoms with Crippen molar-refractivity contribution in [2.75, 3.05) is 10.5 Å². The standard InChI is InChI=1S/C14H14BrClN2O2S/c1-8-5-11(6-9(2)14(8)15)18-21(19,20)13-4-3-10(16)7-12(13)17/h3-7,18H,17H2,1-2H3. The van der Waals surface area contributed by atoms with Crippen LogP contribution in [0.15, 0.2) is 39.7 Å². The Hall–Kier alpha value is -1.24. The molecule has 0 bridgehead atoms. The Kier molecular flexibility index (Phi) is 4.51. The molecular formula is C14H14BrClN2O2S. The van der Waals surface area contributed by atoms with E-state index >= 15 is 0 Å². The van der Waals surface area contributed by atoms with Gasteiger partial charge in [0.15, 0.2) is 0 Å². The fraction of sp³-hybridized carbons (Fsp3) is 0.143. The second-order valence-corrected chi connectivity index (χ2v) is 7.59. The van der Waals surface area contributed by atoms with Gasteiger partial charge in [0.2, 0.25) is 0 Å². The first kappa shape index (κ1) is 16.1. The molecule has 0 radical (unpaired) electrons. The maximum absolute atomic E-state index is 12.4. The molecular weight excluding hydrogens is 376 g/mol. The Labute approximate surface area is 137 Å². The monoisotopic (exact) mass is 388 g/mol. The van der Waals surface area contributed by atoms with E-state index < -0.39 is 10.0 Å². The smallest absolute Gasteiger partial charge is 0.263 e. The van der Waals surface area contributed by atoms with E-state index in [4.69, 9.17) is 17.3 Å². The predicted molar refractivity (Wildman–Crippen MR) is 90.3 cm³/mol. The van der Waals surface area contributed by atoms with Gasteiger partial charge in [0.1, 0.15) is 4.90 Å². The summed E-state index contributed by atoms with van der Waals surface area (Å²) in [5.41, 5.74) is 8.22. The van der Waals surface area contributed by atoms with Crippen molar-refractivity contribution in [2.45, 2.75) is 18.7 Å². The molecule has 0 unspecified atom stereocenters. The van der Waals surface area contributed by atoms with Crippen molar-refractivity contribution in [1.29, 1.82) is 0 Å². The summed E-state index contributed by atoms with van der Waals surface area (Å²) >= 11 is 9.23. The molecule has 21 heavy (non-hydrogen) atoms. The molecule has 2 aromatic carbocycles. The van der Waals surface area contributed by atoms with E-state index in [0.717, 1.165) is 15.6 Å². The zero-order chi connectivity index (χ0) is 15.8. The first-order valence-corrected chi connectivity index (χ1v) is 8.71. The zero-order valence-corrected chi connectivity index (χ0v) is 14.6. The van der Waals surface area contributed by atoms with E-state index in [1.54, 1.807) is 12.1 Å². The lowest BCUT2D eigenvalue weighted by molar-refractivity contribution is 0.601. The van der Waals surface area contributed by atoms with Crippen LogP contribution in [0.3, 0.4) is 0 Å². The molecule has 4 nitrogen and oxygen atoms in total. The van der Waals surface area contributed by atoms with Crippen LogP contribution in [-0.2, 0) is 10.0 Å². The molecule has 3 N–H and O–H groups in total. The van der Waals surface area contributed by atoms with Gasteiger partial charge in [0.05, 0.1) is 5.69 Å². The SMILES string of the molecule is Cc1cc(NS(=O)(=O)c2ccc(Cl)cc2N)cc(C)c1Br. The number of anilines is 2. The fourth-order valence-corrected chi connectivity index (χ4v) is 3.54. The number of hydrogen-bond donors (Lipinski definition) is 2. The van der Waals surface area contributed by atoms with Gasteiger partial charge in [-0.2, -0.15) is 0 Å². The summed E-state index contributed by atoms with van der Waals surface area (Å²) in [5.74, 6) is 0. The normalized spacial score (nSPS) is 11.4. The van der Waals surface area contributed by atoms with E-state index in [0.29, 0.717) is 10.7 Å². The topological polar surface area (TPSA) is 72.2 Å². The largest absolute Gasteiger partial charge is 0.398 e. The third-order valence-corrected chi connectivity index (χ3v) is 5.89. The molecule has 0 spiro atoms. The molecule has 0 aliphatic heterocycles. The van der Waals surface area contributed by atoms with Crippen LogP contribution >= 0.6 is 27.5 Å². The number of benzene rings is 2. The van der Waals surface area contributed by atoms with Crippen LogP contribution in [0.25, 0.3) is 0 Å². The van der Waals surface area contributed by atoms with Crippen molar-refractivity contribution >= 4 is 48.9 Å². The van der Waals surface area contributed by atoms with Crippen molar-refractivity contribution in [1.82, 2.24) is 0 Å². The number of hydrogen-bond acceptors (Lipinski definition) is 3. The molecule has 0 aliphatic rings. The lowest BCUT2D eigenvalue weighted by atomic mass is 10.1. The zero-order valence-electron chi connectivity index (χ0n) is 11.4. The molecule has 0 heterocycles. The maximum Gasteiger partial charge on any atom is 0.263 e. The van der Waals surface area contributed by atoms with Crippen LogP contribution in [0, 0.1) is 13.8 Å². The number of halogens is 2. The number of nitrogens with one attached hydrogen (secondary N) is 1. The third kappa shape index (κ3) is 3.51. The Morgan fingerprint density at radius 2 is 1.71 bits per heavy atom. The lowest BCUT2D eigenvalue weighted by Gasteiger charge is -2.12. The molecule has 112 valence electrons. The molecule has 0 aromatic heterocycles. The summed E-state index contributed by atoms with van der Waals surface area (Å²) in [6.07, 6.45) is 0. The average Bonchev–Trinajstić information content (AvgIpc) is 2.34. The van der Waals surface area contributed by atoms with Gasteiger partial charge in [-0.25, -0.2) is 8.42 Å². The van der Waals surface area contributed by atoms with Crippen molar-refractivity contribution in [3.8, 4) is 0 Å². The molecule has 2 rings (SSSR count). The molecule has 0 saturated heterocycles. The van der Waals surface area contributed by atoms with Gasteiger partial charge in [0, 0.05) is 15.2 Å². The Balaban J connectivity index is 2.42. The van der Waals surface area contributed by atoms with Crippen molar-refractivity contribution in [3.05, 3.63) is 51.0 Å². The summed E-state index contributed by atoms with van der Waals surface area (Å²) in [7, 11) is -3.76. The summed E-state index contributed by atoms with van der Waals surface area (Å²) in [6.45, 7) is 3.79. The predicted octanol–water partition coefficient (Wildman–Crippen LogP) is 4.10. The Morgan fingerprint density at radius 1 is 1.14 bits per heavy atom. The summed E-state index contributed by atoms with van der Waals surface area (Å²) in [6, 6.07) is 7.79. The molecule has 0 amide bonds. The number of nitrogens with two attached hydrogens (primary N) is 1. The number of sulfonamides is 1. The second-order valence-electron chi connectivity index (χ2n) is 4.71. The maximum atomic E-state index is 12.4. The van der Waals surface area contributed by atoms with Gasteiger partial charge in [-0.15, -0.1) is 0 Å². The fourth-order valence-electron chi connectivity index (χ4n) is 1.98. The highest BCUT2D eigenvalue weighted by molar-refractivity contribution is 9.10. The molecule has 0 saturated carbocycles. The summed E-state index contributed by atoms with van der Waals surface area (Å²) in [4.78, 5) is 0.00475. The number of rotatable bonds is 3. The highest BCUT2D eigenvalue weighted by Gasteiger charge is 2.18. The van der Waals surface area contributed by atoms with Gasteiger partial charge < -0.3 is 5.73 Å². The Morgan fingerprint density at radius 3 is 2.24 bits per heavy atom. The van der Waals surface area contributed by atoms with Crippen LogP contribution < -0.4 is 10.5 Å². The molecule has 7 heteroatoms. The first-order chi connectivity index (χ1) is 9.70. The highest BCUT2D eigenvalue weighted by atomic mass is 79.9. The molecule has 0 aliphatic carbocycles. The van der Waals surface area contributed by atoms with Crippen molar-refractivity contribution < 1.29 is 8.42 Å². The van der Waals surface area contributed by atoms with Crippen LogP contribution in [0.2, 0.25) is 5.02 Å². The summed E-state index contributed by atoms with van der Waals surface area (Å²) < 4.78 is 28.3. The second kappa shape index (κ2) is 5.87. The van der Waals surface area contributed by atoms with Gasteiger partial charge >= 0.3 is 0 Å². The van der Waals surface area contributed by atoms with Gasteiger partial charge in [-0.1, -0.05) is 27.5 Å². The minimum absolute atomic E-state index is 0.00475. The van der Waals surface area contributed by atoms with E-state index in [2.05, 4.69) is 20.7 Å². The number of aryl methyl sites for hydroxylation is 2. The van der Waals surface area contributed by atoms with E-state index in [-0.39, 0.29) is 10.6 Å². The number of nitrogen functional groups attached to an aromatic ring is 1.